The van der Waals surface area contributed by atoms with Gasteiger partial charge in [-0.1, -0.05) is 20.8 Å². The minimum Gasteiger partial charge on any atom is -0.391 e. The lowest BCUT2D eigenvalue weighted by molar-refractivity contribution is -0.140. The summed E-state index contributed by atoms with van der Waals surface area (Å²) in [6.45, 7) is 7.55. The molecule has 0 bridgehead atoms. The molecule has 17 heavy (non-hydrogen) atoms. The third-order valence-electron chi connectivity index (χ3n) is 3.26. The molecule has 1 aliphatic rings. The van der Waals surface area contributed by atoms with Crippen molar-refractivity contribution in [1.82, 2.24) is 4.90 Å². The van der Waals surface area contributed by atoms with Crippen molar-refractivity contribution in [3.8, 4) is 0 Å². The number of amides is 1. The van der Waals surface area contributed by atoms with Crippen LogP contribution in [0.5, 0.6) is 0 Å². The summed E-state index contributed by atoms with van der Waals surface area (Å²) in [6, 6.07) is 0. The van der Waals surface area contributed by atoms with Crippen LogP contribution in [0.25, 0.3) is 0 Å². The minimum atomic E-state index is -0.435. The average molecular weight is 243 g/mol. The first-order valence-electron chi connectivity index (χ1n) is 6.33. The second-order valence-electron chi connectivity index (χ2n) is 5.95. The summed E-state index contributed by atoms with van der Waals surface area (Å²) in [5.41, 5.74) is -0.385. The fourth-order valence-corrected chi connectivity index (χ4v) is 2.19. The lowest BCUT2D eigenvalue weighted by Crippen LogP contribution is -2.43. The highest BCUT2D eigenvalue weighted by atomic mass is 16.5. The molecule has 1 atom stereocenters. The van der Waals surface area contributed by atoms with Crippen LogP contribution in [-0.2, 0) is 9.53 Å². The zero-order valence-electron chi connectivity index (χ0n) is 11.4. The van der Waals surface area contributed by atoms with E-state index in [9.17, 15) is 9.90 Å². The van der Waals surface area contributed by atoms with Gasteiger partial charge in [-0.15, -0.1) is 0 Å². The van der Waals surface area contributed by atoms with Crippen LogP contribution in [0.2, 0.25) is 0 Å². The maximum absolute atomic E-state index is 12.0. The molecule has 1 aliphatic heterocycles. The molecule has 1 rings (SSSR count). The number of rotatable bonds is 3. The van der Waals surface area contributed by atoms with Crippen LogP contribution in [0.1, 0.15) is 33.6 Å². The number of nitrogens with zero attached hydrogens (tertiary/aromatic N) is 1. The Kier molecular flexibility index (Phi) is 4.95. The summed E-state index contributed by atoms with van der Waals surface area (Å²) in [7, 11) is 1.76. The molecule has 1 fully saturated rings. The Hall–Kier alpha value is -0.610. The zero-order chi connectivity index (χ0) is 13.1. The number of likely N-dealkylation sites (N-methyl/N-ethyl adjacent to an activating group) is 1. The lowest BCUT2D eigenvalue weighted by Gasteiger charge is -2.32. The number of aliphatic hydroxyl groups excluding tert-OH is 1. The Morgan fingerprint density at radius 2 is 1.94 bits per heavy atom. The fraction of sp³-hybridized carbons (Fsp3) is 0.923. The molecule has 4 heteroatoms. The molecular weight excluding hydrogens is 218 g/mol. The van der Waals surface area contributed by atoms with Crippen molar-refractivity contribution >= 4 is 5.91 Å². The van der Waals surface area contributed by atoms with Gasteiger partial charge in [0.2, 0.25) is 5.91 Å². The topological polar surface area (TPSA) is 49.8 Å². The first kappa shape index (κ1) is 14.5. The van der Waals surface area contributed by atoms with Gasteiger partial charge in [0.25, 0.3) is 0 Å². The lowest BCUT2D eigenvalue weighted by atomic mass is 9.92. The summed E-state index contributed by atoms with van der Waals surface area (Å²) in [5.74, 6) is 0.336. The molecule has 100 valence electrons. The normalized spacial score (nSPS) is 20.1. The van der Waals surface area contributed by atoms with E-state index in [1.54, 1.807) is 11.9 Å². The van der Waals surface area contributed by atoms with E-state index in [0.717, 1.165) is 26.1 Å². The monoisotopic (exact) mass is 243 g/mol. The third kappa shape index (κ3) is 4.28. The SMILES string of the molecule is CN(C[C@@H](O)C1CCOCC1)C(=O)C(C)(C)C. The van der Waals surface area contributed by atoms with Crippen LogP contribution in [-0.4, -0.2) is 48.8 Å². The standard InChI is InChI=1S/C13H25NO3/c1-13(2,3)12(16)14(4)9-11(15)10-5-7-17-8-6-10/h10-11,15H,5-9H2,1-4H3/t11-/m1/s1. The predicted octanol–water partition coefficient (Wildman–Crippen LogP) is 1.28. The highest BCUT2D eigenvalue weighted by Crippen LogP contribution is 2.21. The number of aliphatic hydroxyl groups is 1. The largest absolute Gasteiger partial charge is 0.391 e. The Labute approximate surface area is 104 Å². The third-order valence-corrected chi connectivity index (χ3v) is 3.26. The van der Waals surface area contributed by atoms with Crippen LogP contribution in [0.15, 0.2) is 0 Å². The van der Waals surface area contributed by atoms with E-state index >= 15 is 0 Å². The van der Waals surface area contributed by atoms with Crippen LogP contribution >= 0.6 is 0 Å². The molecule has 4 nitrogen and oxygen atoms in total. The fourth-order valence-electron chi connectivity index (χ4n) is 2.19. The zero-order valence-corrected chi connectivity index (χ0v) is 11.4. The molecule has 0 unspecified atom stereocenters. The molecule has 1 heterocycles. The van der Waals surface area contributed by atoms with E-state index in [1.807, 2.05) is 20.8 Å². The number of ether oxygens (including phenoxy) is 1. The number of carbonyl (C=O) groups excluding carboxylic acids is 1. The van der Waals surface area contributed by atoms with Crippen LogP contribution in [0.3, 0.4) is 0 Å². The van der Waals surface area contributed by atoms with Crippen molar-refractivity contribution in [2.75, 3.05) is 26.8 Å². The first-order valence-corrected chi connectivity index (χ1v) is 6.33. The van der Waals surface area contributed by atoms with Crippen molar-refractivity contribution in [2.24, 2.45) is 11.3 Å². The molecule has 0 aromatic heterocycles. The summed E-state index contributed by atoms with van der Waals surface area (Å²) in [4.78, 5) is 13.6. The maximum atomic E-state index is 12.0. The van der Waals surface area contributed by atoms with Crippen molar-refractivity contribution in [3.63, 3.8) is 0 Å². The highest BCUT2D eigenvalue weighted by molar-refractivity contribution is 5.81. The van der Waals surface area contributed by atoms with Gasteiger partial charge in [0.15, 0.2) is 0 Å². The van der Waals surface area contributed by atoms with Crippen molar-refractivity contribution < 1.29 is 14.6 Å². The number of carbonyl (C=O) groups is 1. The van der Waals surface area contributed by atoms with E-state index in [0.29, 0.717) is 6.54 Å². The first-order chi connectivity index (χ1) is 7.82. The van der Waals surface area contributed by atoms with Gasteiger partial charge >= 0.3 is 0 Å². The van der Waals surface area contributed by atoms with E-state index in [1.165, 1.54) is 0 Å². The molecule has 1 amide bonds. The maximum Gasteiger partial charge on any atom is 0.227 e. The van der Waals surface area contributed by atoms with Gasteiger partial charge in [-0.05, 0) is 18.8 Å². The summed E-state index contributed by atoms with van der Waals surface area (Å²) >= 11 is 0. The van der Waals surface area contributed by atoms with Crippen molar-refractivity contribution in [3.05, 3.63) is 0 Å². The van der Waals surface area contributed by atoms with Crippen molar-refractivity contribution in [2.45, 2.75) is 39.7 Å². The van der Waals surface area contributed by atoms with Crippen molar-refractivity contribution in [1.29, 1.82) is 0 Å². The van der Waals surface area contributed by atoms with Crippen LogP contribution < -0.4 is 0 Å². The molecule has 0 radical (unpaired) electrons. The Bertz CT molecular complexity index is 254. The predicted molar refractivity (Wildman–Crippen MR) is 66.6 cm³/mol. The minimum absolute atomic E-state index is 0.0728. The molecular formula is C13H25NO3. The smallest absolute Gasteiger partial charge is 0.227 e. The van der Waals surface area contributed by atoms with Gasteiger partial charge in [-0.2, -0.15) is 0 Å². The van der Waals surface area contributed by atoms with E-state index in [-0.39, 0.29) is 17.2 Å². The van der Waals surface area contributed by atoms with Gasteiger partial charge in [0, 0.05) is 32.2 Å². The second kappa shape index (κ2) is 5.83. The number of hydrogen-bond donors (Lipinski definition) is 1. The molecule has 0 aromatic carbocycles. The highest BCUT2D eigenvalue weighted by Gasteiger charge is 2.29. The molecule has 0 spiro atoms. The Morgan fingerprint density at radius 1 is 1.41 bits per heavy atom. The Balaban J connectivity index is 2.44. The van der Waals surface area contributed by atoms with Gasteiger partial charge in [0.1, 0.15) is 0 Å². The van der Waals surface area contributed by atoms with Gasteiger partial charge in [-0.25, -0.2) is 0 Å². The molecule has 0 aliphatic carbocycles. The van der Waals surface area contributed by atoms with Gasteiger partial charge in [0.05, 0.1) is 6.10 Å². The molecule has 0 saturated carbocycles. The summed E-state index contributed by atoms with van der Waals surface area (Å²) in [5, 5.41) is 10.1. The van der Waals surface area contributed by atoms with Gasteiger partial charge < -0.3 is 14.7 Å². The van der Waals surface area contributed by atoms with Gasteiger partial charge in [-0.3, -0.25) is 4.79 Å². The van der Waals surface area contributed by atoms with Crippen LogP contribution in [0.4, 0.5) is 0 Å². The molecule has 0 aromatic rings. The Morgan fingerprint density at radius 3 is 2.41 bits per heavy atom. The number of hydrogen-bond acceptors (Lipinski definition) is 3. The van der Waals surface area contributed by atoms with E-state index < -0.39 is 6.10 Å². The summed E-state index contributed by atoms with van der Waals surface area (Å²) in [6.07, 6.45) is 1.34. The molecule has 1 N–H and O–H groups in total. The summed E-state index contributed by atoms with van der Waals surface area (Å²) < 4.78 is 5.26. The van der Waals surface area contributed by atoms with E-state index in [2.05, 4.69) is 0 Å². The average Bonchev–Trinajstić information content (AvgIpc) is 2.27. The van der Waals surface area contributed by atoms with E-state index in [4.69, 9.17) is 4.74 Å². The molecule has 1 saturated heterocycles. The van der Waals surface area contributed by atoms with Crippen LogP contribution in [0, 0.1) is 11.3 Å². The quantitative estimate of drug-likeness (QED) is 0.812. The second-order valence-corrected chi connectivity index (χ2v) is 5.95.